The fraction of sp³-hybridized carbons (Fsp3) is 0.545. The van der Waals surface area contributed by atoms with Crippen LogP contribution in [0.1, 0.15) is 18.4 Å². The Kier molecular flexibility index (Phi) is 4.90. The molecule has 0 saturated heterocycles. The highest BCUT2D eigenvalue weighted by Gasteiger charge is 2.01. The van der Waals surface area contributed by atoms with Gasteiger partial charge in [-0.15, -0.1) is 0 Å². The number of hydrogen-bond acceptors (Lipinski definition) is 2. The molecule has 0 radical (unpaired) electrons. The number of aliphatic carboxylic acids is 1. The van der Waals surface area contributed by atoms with E-state index in [4.69, 9.17) is 5.11 Å². The maximum absolute atomic E-state index is 10.3. The number of nitrogens with zero attached hydrogens (tertiary/aromatic N) is 1. The number of carboxylic acid groups (broad SMARTS) is 1. The standard InChI is InChI=1S/C11H18N2O2/c1-13(7-2-3-11(14)15)8-5-10-4-6-12-9-10/h4,6,9,12H,2-3,5,7-8H2,1H3,(H,14,15). The highest BCUT2D eigenvalue weighted by atomic mass is 16.4. The van der Waals surface area contributed by atoms with Crippen LogP contribution < -0.4 is 0 Å². The van der Waals surface area contributed by atoms with Gasteiger partial charge in [0.1, 0.15) is 0 Å². The van der Waals surface area contributed by atoms with Gasteiger partial charge in [-0.25, -0.2) is 0 Å². The van der Waals surface area contributed by atoms with Gasteiger partial charge in [0.15, 0.2) is 0 Å². The van der Waals surface area contributed by atoms with Crippen LogP contribution in [0.2, 0.25) is 0 Å². The third kappa shape index (κ3) is 5.22. The van der Waals surface area contributed by atoms with Crippen molar-refractivity contribution >= 4 is 5.97 Å². The molecule has 1 rings (SSSR count). The average molecular weight is 210 g/mol. The van der Waals surface area contributed by atoms with Crippen LogP contribution in [0.4, 0.5) is 0 Å². The van der Waals surface area contributed by atoms with E-state index in [1.54, 1.807) is 0 Å². The molecule has 0 saturated carbocycles. The van der Waals surface area contributed by atoms with E-state index >= 15 is 0 Å². The minimum Gasteiger partial charge on any atom is -0.481 e. The fourth-order valence-corrected chi connectivity index (χ4v) is 1.45. The summed E-state index contributed by atoms with van der Waals surface area (Å²) < 4.78 is 0. The number of carboxylic acids is 1. The SMILES string of the molecule is CN(CCCC(=O)O)CCc1cc[nH]c1. The van der Waals surface area contributed by atoms with Crippen molar-refractivity contribution in [2.45, 2.75) is 19.3 Å². The quantitative estimate of drug-likeness (QED) is 0.714. The monoisotopic (exact) mass is 210 g/mol. The lowest BCUT2D eigenvalue weighted by atomic mass is 10.2. The van der Waals surface area contributed by atoms with E-state index in [0.29, 0.717) is 0 Å². The topological polar surface area (TPSA) is 56.3 Å². The van der Waals surface area contributed by atoms with Gasteiger partial charge in [0.2, 0.25) is 0 Å². The van der Waals surface area contributed by atoms with Gasteiger partial charge < -0.3 is 15.0 Å². The first kappa shape index (κ1) is 11.8. The maximum atomic E-state index is 10.3. The minimum absolute atomic E-state index is 0.258. The molecule has 84 valence electrons. The lowest BCUT2D eigenvalue weighted by Gasteiger charge is -2.15. The largest absolute Gasteiger partial charge is 0.481 e. The van der Waals surface area contributed by atoms with Crippen LogP contribution >= 0.6 is 0 Å². The maximum Gasteiger partial charge on any atom is 0.303 e. The van der Waals surface area contributed by atoms with E-state index in [1.807, 2.05) is 19.4 Å². The van der Waals surface area contributed by atoms with E-state index in [-0.39, 0.29) is 6.42 Å². The van der Waals surface area contributed by atoms with Crippen LogP contribution in [0.25, 0.3) is 0 Å². The lowest BCUT2D eigenvalue weighted by Crippen LogP contribution is -2.22. The predicted molar refractivity (Wildman–Crippen MR) is 58.9 cm³/mol. The Hall–Kier alpha value is -1.29. The predicted octanol–water partition coefficient (Wildman–Crippen LogP) is 1.35. The first-order valence-corrected chi connectivity index (χ1v) is 5.20. The summed E-state index contributed by atoms with van der Waals surface area (Å²) in [6.07, 6.45) is 5.89. The molecular formula is C11H18N2O2. The molecule has 0 fully saturated rings. The molecular weight excluding hydrogens is 192 g/mol. The summed E-state index contributed by atoms with van der Waals surface area (Å²) in [5.74, 6) is -0.714. The molecule has 0 aliphatic carbocycles. The minimum atomic E-state index is -0.714. The summed E-state index contributed by atoms with van der Waals surface area (Å²) in [7, 11) is 2.02. The highest BCUT2D eigenvalue weighted by Crippen LogP contribution is 2.00. The van der Waals surface area contributed by atoms with Crippen molar-refractivity contribution in [2.75, 3.05) is 20.1 Å². The Morgan fingerprint density at radius 1 is 1.53 bits per heavy atom. The molecule has 15 heavy (non-hydrogen) atoms. The van der Waals surface area contributed by atoms with Gasteiger partial charge in [0.05, 0.1) is 0 Å². The summed E-state index contributed by atoms with van der Waals surface area (Å²) in [4.78, 5) is 15.5. The average Bonchev–Trinajstić information content (AvgIpc) is 2.66. The molecule has 0 unspecified atom stereocenters. The molecule has 1 aromatic heterocycles. The normalized spacial score (nSPS) is 10.8. The van der Waals surface area contributed by atoms with Crippen LogP contribution in [-0.4, -0.2) is 41.1 Å². The van der Waals surface area contributed by atoms with Crippen molar-refractivity contribution in [3.05, 3.63) is 24.0 Å². The van der Waals surface area contributed by atoms with Gasteiger partial charge in [0.25, 0.3) is 0 Å². The summed E-state index contributed by atoms with van der Waals surface area (Å²) in [6.45, 7) is 1.81. The molecule has 0 amide bonds. The molecule has 4 heteroatoms. The zero-order chi connectivity index (χ0) is 11.1. The zero-order valence-corrected chi connectivity index (χ0v) is 9.07. The van der Waals surface area contributed by atoms with Crippen molar-refractivity contribution < 1.29 is 9.90 Å². The summed E-state index contributed by atoms with van der Waals surface area (Å²) in [6, 6.07) is 2.06. The number of rotatable bonds is 7. The van der Waals surface area contributed by atoms with Crippen LogP contribution in [0.3, 0.4) is 0 Å². The number of nitrogens with one attached hydrogen (secondary N) is 1. The summed E-state index contributed by atoms with van der Waals surface area (Å²) >= 11 is 0. The molecule has 0 bridgehead atoms. The van der Waals surface area contributed by atoms with Crippen molar-refractivity contribution in [1.29, 1.82) is 0 Å². The Labute approximate surface area is 89.9 Å². The van der Waals surface area contributed by atoms with Gasteiger partial charge in [-0.1, -0.05) is 0 Å². The molecule has 2 N–H and O–H groups in total. The Morgan fingerprint density at radius 3 is 2.93 bits per heavy atom. The molecule has 0 atom stereocenters. The number of likely N-dealkylation sites (N-methyl/N-ethyl adjacent to an activating group) is 1. The van der Waals surface area contributed by atoms with Crippen LogP contribution in [-0.2, 0) is 11.2 Å². The number of hydrogen-bond donors (Lipinski definition) is 2. The second-order valence-corrected chi connectivity index (χ2v) is 3.77. The molecule has 0 aliphatic heterocycles. The Bertz CT molecular complexity index is 283. The van der Waals surface area contributed by atoms with Crippen LogP contribution in [0.15, 0.2) is 18.5 Å². The number of aromatic nitrogens is 1. The third-order valence-electron chi connectivity index (χ3n) is 2.38. The van der Waals surface area contributed by atoms with Gasteiger partial charge in [0, 0.05) is 25.4 Å². The molecule has 0 spiro atoms. The molecule has 0 aliphatic rings. The van der Waals surface area contributed by atoms with E-state index in [2.05, 4.69) is 16.0 Å². The van der Waals surface area contributed by atoms with E-state index in [0.717, 1.165) is 25.9 Å². The van der Waals surface area contributed by atoms with Gasteiger partial charge in [-0.2, -0.15) is 0 Å². The summed E-state index contributed by atoms with van der Waals surface area (Å²) in [5, 5.41) is 8.48. The third-order valence-corrected chi connectivity index (χ3v) is 2.38. The number of aromatic amines is 1. The van der Waals surface area contributed by atoms with Crippen molar-refractivity contribution in [3.63, 3.8) is 0 Å². The van der Waals surface area contributed by atoms with Crippen molar-refractivity contribution in [2.24, 2.45) is 0 Å². The first-order valence-electron chi connectivity index (χ1n) is 5.20. The fourth-order valence-electron chi connectivity index (χ4n) is 1.45. The van der Waals surface area contributed by atoms with E-state index < -0.39 is 5.97 Å². The summed E-state index contributed by atoms with van der Waals surface area (Å²) in [5.41, 5.74) is 1.29. The second kappa shape index (κ2) is 6.24. The van der Waals surface area contributed by atoms with Gasteiger partial charge >= 0.3 is 5.97 Å². The van der Waals surface area contributed by atoms with Gasteiger partial charge in [-0.05, 0) is 38.1 Å². The number of carbonyl (C=O) groups is 1. The smallest absolute Gasteiger partial charge is 0.303 e. The molecule has 1 aromatic rings. The second-order valence-electron chi connectivity index (χ2n) is 3.77. The lowest BCUT2D eigenvalue weighted by molar-refractivity contribution is -0.137. The zero-order valence-electron chi connectivity index (χ0n) is 9.07. The van der Waals surface area contributed by atoms with Crippen LogP contribution in [0.5, 0.6) is 0 Å². The van der Waals surface area contributed by atoms with Crippen LogP contribution in [0, 0.1) is 0 Å². The first-order chi connectivity index (χ1) is 7.18. The van der Waals surface area contributed by atoms with E-state index in [1.165, 1.54) is 5.56 Å². The molecule has 1 heterocycles. The molecule has 0 aromatic carbocycles. The molecule has 4 nitrogen and oxygen atoms in total. The van der Waals surface area contributed by atoms with E-state index in [9.17, 15) is 4.79 Å². The van der Waals surface area contributed by atoms with Crippen molar-refractivity contribution in [1.82, 2.24) is 9.88 Å². The van der Waals surface area contributed by atoms with Gasteiger partial charge in [-0.3, -0.25) is 4.79 Å². The Balaban J connectivity index is 2.08. The van der Waals surface area contributed by atoms with Crippen molar-refractivity contribution in [3.8, 4) is 0 Å². The highest BCUT2D eigenvalue weighted by molar-refractivity contribution is 5.66. The number of H-pyrrole nitrogens is 1. The Morgan fingerprint density at radius 2 is 2.33 bits per heavy atom.